The highest BCUT2D eigenvalue weighted by molar-refractivity contribution is 6.42. The van der Waals surface area contributed by atoms with Crippen molar-refractivity contribution >= 4 is 51.8 Å². The van der Waals surface area contributed by atoms with Gasteiger partial charge in [-0.05, 0) is 30.3 Å². The van der Waals surface area contributed by atoms with Crippen LogP contribution in [-0.2, 0) is 7.05 Å². The highest BCUT2D eigenvalue weighted by Gasteiger charge is 2.11. The highest BCUT2D eigenvalue weighted by Crippen LogP contribution is 2.29. The number of hydrogen-bond donors (Lipinski definition) is 2. The smallest absolute Gasteiger partial charge is 0.251 e. The predicted molar refractivity (Wildman–Crippen MR) is 93.8 cm³/mol. The third-order valence-corrected chi connectivity index (χ3v) is 4.25. The molecule has 3 rings (SSSR count). The maximum atomic E-state index is 11.7. The van der Waals surface area contributed by atoms with Crippen LogP contribution in [0, 0.1) is 0 Å². The number of amides is 1. The summed E-state index contributed by atoms with van der Waals surface area (Å²) in [5, 5.41) is 6.75. The van der Waals surface area contributed by atoms with E-state index in [4.69, 9.17) is 23.2 Å². The van der Waals surface area contributed by atoms with Gasteiger partial charge in [-0.2, -0.15) is 0 Å². The summed E-state index contributed by atoms with van der Waals surface area (Å²) in [7, 11) is 3.48. The van der Waals surface area contributed by atoms with E-state index in [2.05, 4.69) is 15.6 Å². The average Bonchev–Trinajstić information content (AvgIpc) is 2.83. The molecule has 2 N–H and O–H groups in total. The zero-order chi connectivity index (χ0) is 16.6. The van der Waals surface area contributed by atoms with Gasteiger partial charge in [-0.25, -0.2) is 4.98 Å². The molecule has 0 fully saturated rings. The minimum Gasteiger partial charge on any atom is -0.355 e. The molecular weight excluding hydrogens is 335 g/mol. The van der Waals surface area contributed by atoms with Crippen LogP contribution in [0.25, 0.3) is 11.0 Å². The Kier molecular flexibility index (Phi) is 4.15. The van der Waals surface area contributed by atoms with E-state index in [1.165, 1.54) is 0 Å². The van der Waals surface area contributed by atoms with E-state index in [1.54, 1.807) is 31.3 Å². The van der Waals surface area contributed by atoms with Crippen LogP contribution in [0.2, 0.25) is 10.0 Å². The summed E-state index contributed by atoms with van der Waals surface area (Å²) in [4.78, 5) is 16.2. The molecule has 118 valence electrons. The van der Waals surface area contributed by atoms with Gasteiger partial charge < -0.3 is 15.2 Å². The van der Waals surface area contributed by atoms with E-state index in [0.717, 1.165) is 16.7 Å². The molecule has 5 nitrogen and oxygen atoms in total. The Balaban J connectivity index is 1.99. The van der Waals surface area contributed by atoms with Crippen LogP contribution in [0.4, 0.5) is 11.6 Å². The summed E-state index contributed by atoms with van der Waals surface area (Å²) in [6.07, 6.45) is 0. The van der Waals surface area contributed by atoms with Gasteiger partial charge >= 0.3 is 0 Å². The molecule has 0 aliphatic heterocycles. The summed E-state index contributed by atoms with van der Waals surface area (Å²) >= 11 is 12.1. The lowest BCUT2D eigenvalue weighted by Gasteiger charge is -2.08. The van der Waals surface area contributed by atoms with E-state index < -0.39 is 0 Å². The maximum Gasteiger partial charge on any atom is 0.251 e. The molecular formula is C16H14Cl2N4O. The lowest BCUT2D eigenvalue weighted by atomic mass is 10.2. The number of rotatable bonds is 3. The predicted octanol–water partition coefficient (Wildman–Crippen LogP) is 3.98. The molecule has 7 heteroatoms. The fraction of sp³-hybridized carbons (Fsp3) is 0.125. The molecule has 0 saturated carbocycles. The molecule has 3 aromatic rings. The van der Waals surface area contributed by atoms with Gasteiger partial charge in [0.15, 0.2) is 0 Å². The number of fused-ring (bicyclic) bond motifs is 1. The summed E-state index contributed by atoms with van der Waals surface area (Å²) in [5.41, 5.74) is 2.94. The van der Waals surface area contributed by atoms with Crippen LogP contribution in [0.1, 0.15) is 10.4 Å². The van der Waals surface area contributed by atoms with Crippen molar-refractivity contribution in [2.75, 3.05) is 12.4 Å². The Bertz CT molecular complexity index is 904. The van der Waals surface area contributed by atoms with Gasteiger partial charge in [-0.15, -0.1) is 0 Å². The van der Waals surface area contributed by atoms with Crippen molar-refractivity contribution in [3.63, 3.8) is 0 Å². The number of carbonyl (C=O) groups excluding carboxylic acids is 1. The van der Waals surface area contributed by atoms with Crippen LogP contribution in [0.3, 0.4) is 0 Å². The van der Waals surface area contributed by atoms with Gasteiger partial charge in [-0.3, -0.25) is 4.79 Å². The number of nitrogens with one attached hydrogen (secondary N) is 2. The van der Waals surface area contributed by atoms with Crippen molar-refractivity contribution in [1.29, 1.82) is 0 Å². The van der Waals surface area contributed by atoms with E-state index in [-0.39, 0.29) is 5.91 Å². The van der Waals surface area contributed by atoms with Crippen molar-refractivity contribution < 1.29 is 4.79 Å². The lowest BCUT2D eigenvalue weighted by Crippen LogP contribution is -2.17. The Morgan fingerprint density at radius 1 is 1.17 bits per heavy atom. The van der Waals surface area contributed by atoms with E-state index in [0.29, 0.717) is 21.6 Å². The van der Waals surface area contributed by atoms with Gasteiger partial charge in [0.1, 0.15) is 0 Å². The number of aryl methyl sites for hydroxylation is 1. The molecule has 1 amide bonds. The summed E-state index contributed by atoms with van der Waals surface area (Å²) in [6.45, 7) is 0. The SMILES string of the molecule is CNC(=O)c1cccc(Nc2nc3cc(Cl)c(Cl)cc3n2C)c1. The van der Waals surface area contributed by atoms with Crippen molar-refractivity contribution in [2.24, 2.45) is 7.05 Å². The van der Waals surface area contributed by atoms with Crippen LogP contribution in [0.5, 0.6) is 0 Å². The summed E-state index contributed by atoms with van der Waals surface area (Å²) in [6, 6.07) is 10.7. The quantitative estimate of drug-likeness (QED) is 0.752. The van der Waals surface area contributed by atoms with Crippen LogP contribution in [-0.4, -0.2) is 22.5 Å². The monoisotopic (exact) mass is 348 g/mol. The first-order chi connectivity index (χ1) is 11.0. The van der Waals surface area contributed by atoms with Gasteiger partial charge in [0, 0.05) is 25.3 Å². The van der Waals surface area contributed by atoms with E-state index in [1.807, 2.05) is 23.7 Å². The van der Waals surface area contributed by atoms with Gasteiger partial charge in [0.2, 0.25) is 5.95 Å². The standard InChI is InChI=1S/C16H14Cl2N4O/c1-19-15(23)9-4-3-5-10(6-9)20-16-21-13-7-11(17)12(18)8-14(13)22(16)2/h3-8H,1-2H3,(H,19,23)(H,20,21). The fourth-order valence-electron chi connectivity index (χ4n) is 2.31. The first-order valence-corrected chi connectivity index (χ1v) is 7.66. The molecule has 0 atom stereocenters. The number of imidazole rings is 1. The van der Waals surface area contributed by atoms with Crippen molar-refractivity contribution in [3.8, 4) is 0 Å². The molecule has 2 aromatic carbocycles. The first kappa shape index (κ1) is 15.6. The molecule has 0 spiro atoms. The van der Waals surface area contributed by atoms with Crippen molar-refractivity contribution in [3.05, 3.63) is 52.0 Å². The zero-order valence-electron chi connectivity index (χ0n) is 12.5. The number of benzene rings is 2. The number of aromatic nitrogens is 2. The Hall–Kier alpha value is -2.24. The normalized spacial score (nSPS) is 10.8. The minimum absolute atomic E-state index is 0.141. The van der Waals surface area contributed by atoms with E-state index in [9.17, 15) is 4.79 Å². The Morgan fingerprint density at radius 2 is 1.91 bits per heavy atom. The number of carbonyl (C=O) groups is 1. The molecule has 1 heterocycles. The number of hydrogen-bond acceptors (Lipinski definition) is 3. The molecule has 1 aromatic heterocycles. The topological polar surface area (TPSA) is 59.0 Å². The number of anilines is 2. The lowest BCUT2D eigenvalue weighted by molar-refractivity contribution is 0.0963. The second-order valence-corrected chi connectivity index (χ2v) is 5.85. The summed E-state index contributed by atoms with van der Waals surface area (Å²) in [5.74, 6) is 0.490. The fourth-order valence-corrected chi connectivity index (χ4v) is 2.63. The maximum absolute atomic E-state index is 11.7. The third kappa shape index (κ3) is 2.98. The van der Waals surface area contributed by atoms with Gasteiger partial charge in [0.05, 0.1) is 21.1 Å². The van der Waals surface area contributed by atoms with Gasteiger partial charge in [0.25, 0.3) is 5.91 Å². The zero-order valence-corrected chi connectivity index (χ0v) is 14.0. The first-order valence-electron chi connectivity index (χ1n) is 6.90. The highest BCUT2D eigenvalue weighted by atomic mass is 35.5. The molecule has 0 unspecified atom stereocenters. The largest absolute Gasteiger partial charge is 0.355 e. The van der Waals surface area contributed by atoms with Gasteiger partial charge in [-0.1, -0.05) is 29.3 Å². The molecule has 0 radical (unpaired) electrons. The van der Waals surface area contributed by atoms with Crippen molar-refractivity contribution in [1.82, 2.24) is 14.9 Å². The van der Waals surface area contributed by atoms with Crippen molar-refractivity contribution in [2.45, 2.75) is 0 Å². The molecule has 0 aliphatic carbocycles. The Labute approximate surface area is 143 Å². The second-order valence-electron chi connectivity index (χ2n) is 5.03. The Morgan fingerprint density at radius 3 is 2.65 bits per heavy atom. The molecule has 0 aliphatic rings. The molecule has 0 saturated heterocycles. The summed E-state index contributed by atoms with van der Waals surface area (Å²) < 4.78 is 1.88. The second kappa shape index (κ2) is 6.10. The molecule has 23 heavy (non-hydrogen) atoms. The van der Waals surface area contributed by atoms with Crippen LogP contribution < -0.4 is 10.6 Å². The van der Waals surface area contributed by atoms with Crippen LogP contribution >= 0.6 is 23.2 Å². The number of nitrogens with zero attached hydrogens (tertiary/aromatic N) is 2. The minimum atomic E-state index is -0.141. The number of halogens is 2. The average molecular weight is 349 g/mol. The third-order valence-electron chi connectivity index (χ3n) is 3.53. The van der Waals surface area contributed by atoms with E-state index >= 15 is 0 Å². The molecule has 0 bridgehead atoms. The van der Waals surface area contributed by atoms with Crippen LogP contribution in [0.15, 0.2) is 36.4 Å².